The maximum atomic E-state index is 10.3. The van der Waals surface area contributed by atoms with Gasteiger partial charge >= 0.3 is 0 Å². The van der Waals surface area contributed by atoms with Gasteiger partial charge in [0.15, 0.2) is 5.76 Å². The van der Waals surface area contributed by atoms with Crippen molar-refractivity contribution >= 4 is 0 Å². The molecule has 1 aromatic carbocycles. The van der Waals surface area contributed by atoms with Gasteiger partial charge in [0, 0.05) is 18.7 Å². The molecular formula is C18H21N3O2. The fourth-order valence-corrected chi connectivity index (χ4v) is 2.57. The Morgan fingerprint density at radius 2 is 2.13 bits per heavy atom. The predicted molar refractivity (Wildman–Crippen MR) is 88.9 cm³/mol. The van der Waals surface area contributed by atoms with Crippen LogP contribution in [0.3, 0.4) is 0 Å². The molecule has 0 spiro atoms. The lowest BCUT2D eigenvalue weighted by Crippen LogP contribution is -2.21. The van der Waals surface area contributed by atoms with Crippen LogP contribution >= 0.6 is 0 Å². The van der Waals surface area contributed by atoms with Crippen molar-refractivity contribution in [3.05, 3.63) is 65.0 Å². The van der Waals surface area contributed by atoms with Gasteiger partial charge in [-0.15, -0.1) is 0 Å². The summed E-state index contributed by atoms with van der Waals surface area (Å²) in [6.07, 6.45) is 1.25. The van der Waals surface area contributed by atoms with Gasteiger partial charge in [0.05, 0.1) is 12.3 Å². The molecule has 0 aliphatic carbocycles. The molecule has 0 bridgehead atoms. The Hall–Kier alpha value is -2.37. The number of aliphatic hydroxyl groups is 1. The molecule has 1 unspecified atom stereocenters. The third kappa shape index (κ3) is 3.70. The zero-order valence-corrected chi connectivity index (χ0v) is 13.3. The number of nitrogens with one attached hydrogen (secondary N) is 2. The number of rotatable bonds is 6. The van der Waals surface area contributed by atoms with Crippen molar-refractivity contribution < 1.29 is 9.52 Å². The van der Waals surface area contributed by atoms with E-state index >= 15 is 0 Å². The highest BCUT2D eigenvalue weighted by molar-refractivity contribution is 5.56. The molecule has 2 heterocycles. The van der Waals surface area contributed by atoms with Crippen LogP contribution in [0.4, 0.5) is 0 Å². The number of aliphatic hydroxyl groups excluding tert-OH is 1. The van der Waals surface area contributed by atoms with Crippen LogP contribution in [-0.2, 0) is 6.54 Å². The van der Waals surface area contributed by atoms with E-state index in [1.54, 1.807) is 6.20 Å². The van der Waals surface area contributed by atoms with E-state index in [0.29, 0.717) is 13.1 Å². The summed E-state index contributed by atoms with van der Waals surface area (Å²) in [7, 11) is 0. The number of aromatic amines is 1. The van der Waals surface area contributed by atoms with Gasteiger partial charge in [-0.05, 0) is 31.5 Å². The molecule has 5 nitrogen and oxygen atoms in total. The normalized spacial score (nSPS) is 12.5. The fourth-order valence-electron chi connectivity index (χ4n) is 2.57. The number of benzene rings is 1. The molecule has 0 aliphatic heterocycles. The van der Waals surface area contributed by atoms with Gasteiger partial charge in [-0.1, -0.05) is 29.8 Å². The Bertz CT molecular complexity index is 776. The minimum Gasteiger partial charge on any atom is -0.460 e. The van der Waals surface area contributed by atoms with Crippen molar-refractivity contribution in [1.29, 1.82) is 0 Å². The van der Waals surface area contributed by atoms with Gasteiger partial charge in [0.25, 0.3) is 0 Å². The molecule has 3 rings (SSSR count). The maximum Gasteiger partial charge on any atom is 0.152 e. The fraction of sp³-hybridized carbons (Fsp3) is 0.278. The zero-order valence-electron chi connectivity index (χ0n) is 13.3. The minimum atomic E-state index is -0.531. The summed E-state index contributed by atoms with van der Waals surface area (Å²) in [6, 6.07) is 11.8. The Balaban J connectivity index is 1.60. The van der Waals surface area contributed by atoms with Gasteiger partial charge < -0.3 is 14.8 Å². The Kier molecular flexibility index (Phi) is 4.60. The third-order valence-electron chi connectivity index (χ3n) is 3.78. The molecule has 120 valence electrons. The van der Waals surface area contributed by atoms with E-state index in [1.165, 1.54) is 0 Å². The summed E-state index contributed by atoms with van der Waals surface area (Å²) in [5.74, 6) is 1.64. The summed E-state index contributed by atoms with van der Waals surface area (Å²) in [5, 5.41) is 20.6. The molecule has 0 saturated carbocycles. The van der Waals surface area contributed by atoms with E-state index in [2.05, 4.69) is 15.5 Å². The van der Waals surface area contributed by atoms with E-state index in [0.717, 1.165) is 33.9 Å². The molecular weight excluding hydrogens is 290 g/mol. The first kappa shape index (κ1) is 15.5. The third-order valence-corrected chi connectivity index (χ3v) is 3.78. The molecule has 2 aromatic heterocycles. The van der Waals surface area contributed by atoms with E-state index in [-0.39, 0.29) is 0 Å². The van der Waals surface area contributed by atoms with Gasteiger partial charge in [-0.25, -0.2) is 0 Å². The number of hydrogen-bond donors (Lipinski definition) is 3. The first-order valence-corrected chi connectivity index (χ1v) is 7.68. The number of aryl methyl sites for hydroxylation is 2. The number of aromatic nitrogens is 2. The smallest absolute Gasteiger partial charge is 0.152 e. The summed E-state index contributed by atoms with van der Waals surface area (Å²) in [5.41, 5.74) is 3.95. The van der Waals surface area contributed by atoms with Crippen LogP contribution in [-0.4, -0.2) is 21.8 Å². The molecule has 0 amide bonds. The first-order valence-electron chi connectivity index (χ1n) is 7.68. The summed E-state index contributed by atoms with van der Waals surface area (Å²) < 4.78 is 5.63. The molecule has 0 saturated heterocycles. The predicted octanol–water partition coefficient (Wildman–Crippen LogP) is 3.11. The lowest BCUT2D eigenvalue weighted by molar-refractivity contribution is 0.174. The molecule has 3 N–H and O–H groups in total. The summed E-state index contributed by atoms with van der Waals surface area (Å²) >= 11 is 0. The van der Waals surface area contributed by atoms with Crippen LogP contribution in [0, 0.1) is 13.8 Å². The highest BCUT2D eigenvalue weighted by Gasteiger charge is 2.12. The second kappa shape index (κ2) is 6.81. The molecule has 1 atom stereocenters. The quantitative estimate of drug-likeness (QED) is 0.654. The summed E-state index contributed by atoms with van der Waals surface area (Å²) in [4.78, 5) is 0. The van der Waals surface area contributed by atoms with E-state index < -0.39 is 6.10 Å². The van der Waals surface area contributed by atoms with Crippen molar-refractivity contribution in [3.63, 3.8) is 0 Å². The van der Waals surface area contributed by atoms with Crippen molar-refractivity contribution in [1.82, 2.24) is 15.5 Å². The van der Waals surface area contributed by atoms with Gasteiger partial charge in [-0.3, -0.25) is 5.10 Å². The van der Waals surface area contributed by atoms with Crippen molar-refractivity contribution in [2.45, 2.75) is 26.5 Å². The van der Waals surface area contributed by atoms with E-state index in [4.69, 9.17) is 4.42 Å². The topological polar surface area (TPSA) is 74.1 Å². The van der Waals surface area contributed by atoms with Crippen LogP contribution < -0.4 is 5.32 Å². The van der Waals surface area contributed by atoms with Crippen LogP contribution in [0.1, 0.15) is 28.6 Å². The lowest BCUT2D eigenvalue weighted by Gasteiger charge is -2.12. The average Bonchev–Trinajstić information content (AvgIpc) is 3.16. The SMILES string of the molecule is Cc1cccc(C(O)CNCc2cn[nH]c2-c2ccc(C)o2)c1. The van der Waals surface area contributed by atoms with Crippen molar-refractivity contribution in [3.8, 4) is 11.5 Å². The van der Waals surface area contributed by atoms with Crippen LogP contribution in [0.2, 0.25) is 0 Å². The molecule has 23 heavy (non-hydrogen) atoms. The molecule has 5 heteroatoms. The van der Waals surface area contributed by atoms with E-state index in [9.17, 15) is 5.11 Å². The van der Waals surface area contributed by atoms with Crippen LogP contribution in [0.5, 0.6) is 0 Å². The van der Waals surface area contributed by atoms with Crippen LogP contribution in [0.25, 0.3) is 11.5 Å². The second-order valence-corrected chi connectivity index (χ2v) is 5.74. The van der Waals surface area contributed by atoms with Gasteiger partial charge in [0.1, 0.15) is 11.5 Å². The first-order chi connectivity index (χ1) is 11.1. The van der Waals surface area contributed by atoms with Gasteiger partial charge in [-0.2, -0.15) is 5.10 Å². The van der Waals surface area contributed by atoms with Gasteiger partial charge in [0.2, 0.25) is 0 Å². The standard InChI is InChI=1S/C18H21N3O2/c1-12-4-3-5-14(8-12)16(22)11-19-9-15-10-20-21-18(15)17-7-6-13(2)23-17/h3-8,10,16,19,22H,9,11H2,1-2H3,(H,20,21). The Morgan fingerprint density at radius 3 is 2.87 bits per heavy atom. The maximum absolute atomic E-state index is 10.3. The molecule has 0 radical (unpaired) electrons. The van der Waals surface area contributed by atoms with E-state index in [1.807, 2.05) is 50.2 Å². The highest BCUT2D eigenvalue weighted by atomic mass is 16.3. The minimum absolute atomic E-state index is 0.477. The largest absolute Gasteiger partial charge is 0.460 e. The molecule has 3 aromatic rings. The number of furan rings is 1. The van der Waals surface area contributed by atoms with Crippen molar-refractivity contribution in [2.75, 3.05) is 6.54 Å². The number of nitrogens with zero attached hydrogens (tertiary/aromatic N) is 1. The number of hydrogen-bond acceptors (Lipinski definition) is 4. The summed E-state index contributed by atoms with van der Waals surface area (Å²) in [6.45, 7) is 5.02. The zero-order chi connectivity index (χ0) is 16.2. The highest BCUT2D eigenvalue weighted by Crippen LogP contribution is 2.23. The molecule has 0 aliphatic rings. The monoisotopic (exact) mass is 311 g/mol. The number of H-pyrrole nitrogens is 1. The lowest BCUT2D eigenvalue weighted by atomic mass is 10.1. The second-order valence-electron chi connectivity index (χ2n) is 5.74. The van der Waals surface area contributed by atoms with Crippen molar-refractivity contribution in [2.24, 2.45) is 0 Å². The Morgan fingerprint density at radius 1 is 1.26 bits per heavy atom. The Labute approximate surface area is 135 Å². The van der Waals surface area contributed by atoms with Crippen LogP contribution in [0.15, 0.2) is 47.0 Å². The molecule has 0 fully saturated rings. The average molecular weight is 311 g/mol.